The van der Waals surface area contributed by atoms with E-state index in [9.17, 15) is 8.42 Å². The second kappa shape index (κ2) is 9.00. The molecule has 0 spiro atoms. The van der Waals surface area contributed by atoms with Gasteiger partial charge < -0.3 is 11.1 Å². The molecule has 1 aromatic carbocycles. The van der Waals surface area contributed by atoms with Gasteiger partial charge in [0.05, 0.1) is 6.26 Å². The van der Waals surface area contributed by atoms with Crippen LogP contribution >= 0.6 is 24.0 Å². The Labute approximate surface area is 162 Å². The normalized spacial score (nSPS) is 17.7. The Morgan fingerprint density at radius 2 is 1.96 bits per heavy atom. The van der Waals surface area contributed by atoms with Gasteiger partial charge in [-0.05, 0) is 30.0 Å². The maximum Gasteiger partial charge on any atom is 0.211 e. The zero-order valence-electron chi connectivity index (χ0n) is 14.4. The van der Waals surface area contributed by atoms with Crippen LogP contribution in [0.4, 0.5) is 5.69 Å². The highest BCUT2D eigenvalue weighted by Crippen LogP contribution is 2.21. The van der Waals surface area contributed by atoms with E-state index in [0.29, 0.717) is 31.5 Å². The molecule has 0 radical (unpaired) electrons. The Morgan fingerprint density at radius 1 is 1.38 bits per heavy atom. The molecule has 1 aliphatic heterocycles. The van der Waals surface area contributed by atoms with E-state index in [4.69, 9.17) is 5.73 Å². The standard InChI is InChI=1S/C16H26N4O2S.HI/c1-4-12(2)14-5-7-15(8-6-14)19-16(17)18-9-13-10-20(11-13)23(3,21)22;/h5-8,12-13H,4,9-11H2,1-3H3,(H3,17,18,19);1H. The number of nitrogens with one attached hydrogen (secondary N) is 1. The summed E-state index contributed by atoms with van der Waals surface area (Å²) in [6.45, 7) is 5.97. The van der Waals surface area contributed by atoms with Crippen molar-refractivity contribution in [3.8, 4) is 0 Å². The molecule has 2 rings (SSSR count). The van der Waals surface area contributed by atoms with Gasteiger partial charge in [0.2, 0.25) is 10.0 Å². The van der Waals surface area contributed by atoms with Crippen molar-refractivity contribution in [1.29, 1.82) is 0 Å². The molecule has 6 nitrogen and oxygen atoms in total. The third-order valence-corrected chi connectivity index (χ3v) is 5.51. The van der Waals surface area contributed by atoms with Crippen LogP contribution < -0.4 is 11.1 Å². The number of benzene rings is 1. The SMILES string of the molecule is CCC(C)c1ccc(NC(N)=NCC2CN(S(C)(=O)=O)C2)cc1.I. The van der Waals surface area contributed by atoms with Gasteiger partial charge >= 0.3 is 0 Å². The first-order valence-electron chi connectivity index (χ1n) is 7.91. The summed E-state index contributed by atoms with van der Waals surface area (Å²) >= 11 is 0. The van der Waals surface area contributed by atoms with E-state index < -0.39 is 10.0 Å². The highest BCUT2D eigenvalue weighted by atomic mass is 127. The van der Waals surface area contributed by atoms with Crippen molar-refractivity contribution in [3.63, 3.8) is 0 Å². The molecule has 1 unspecified atom stereocenters. The molecule has 0 aliphatic carbocycles. The third-order valence-electron chi connectivity index (χ3n) is 4.28. The summed E-state index contributed by atoms with van der Waals surface area (Å²) in [6.07, 6.45) is 2.34. The molecule has 0 bridgehead atoms. The minimum absolute atomic E-state index is 0. The van der Waals surface area contributed by atoms with Crippen molar-refractivity contribution in [1.82, 2.24) is 4.31 Å². The summed E-state index contributed by atoms with van der Waals surface area (Å²) < 4.78 is 24.0. The van der Waals surface area contributed by atoms with Crippen molar-refractivity contribution in [2.45, 2.75) is 26.2 Å². The number of guanidine groups is 1. The lowest BCUT2D eigenvalue weighted by Gasteiger charge is -2.36. The minimum Gasteiger partial charge on any atom is -0.370 e. The van der Waals surface area contributed by atoms with Crippen molar-refractivity contribution in [3.05, 3.63) is 29.8 Å². The summed E-state index contributed by atoms with van der Waals surface area (Å²) in [5.41, 5.74) is 8.10. The molecule has 24 heavy (non-hydrogen) atoms. The van der Waals surface area contributed by atoms with Gasteiger partial charge in [-0.15, -0.1) is 24.0 Å². The smallest absolute Gasteiger partial charge is 0.211 e. The number of halogens is 1. The topological polar surface area (TPSA) is 87.8 Å². The first-order chi connectivity index (χ1) is 10.8. The van der Waals surface area contributed by atoms with Crippen LogP contribution in [0, 0.1) is 5.92 Å². The van der Waals surface area contributed by atoms with Gasteiger partial charge in [0.25, 0.3) is 0 Å². The molecular weight excluding hydrogens is 439 g/mol. The lowest BCUT2D eigenvalue weighted by Crippen LogP contribution is -2.50. The second-order valence-corrected chi connectivity index (χ2v) is 8.21. The zero-order valence-corrected chi connectivity index (χ0v) is 17.5. The predicted molar refractivity (Wildman–Crippen MR) is 111 cm³/mol. The number of hydrogen-bond acceptors (Lipinski definition) is 3. The Hall–Kier alpha value is -0.870. The lowest BCUT2D eigenvalue weighted by molar-refractivity contribution is 0.209. The van der Waals surface area contributed by atoms with Crippen LogP contribution in [0.15, 0.2) is 29.3 Å². The molecule has 3 N–H and O–H groups in total. The molecule has 0 amide bonds. The van der Waals surface area contributed by atoms with E-state index in [1.807, 2.05) is 12.1 Å². The number of rotatable bonds is 6. The molecular formula is C16H27IN4O2S. The van der Waals surface area contributed by atoms with Crippen LogP contribution in [0.3, 0.4) is 0 Å². The average molecular weight is 466 g/mol. The summed E-state index contributed by atoms with van der Waals surface area (Å²) in [5.74, 6) is 1.16. The average Bonchev–Trinajstić information content (AvgIpc) is 2.44. The summed E-state index contributed by atoms with van der Waals surface area (Å²) in [5, 5.41) is 3.07. The molecule has 1 saturated heterocycles. The maximum atomic E-state index is 11.3. The Bertz CT molecular complexity index is 655. The maximum absolute atomic E-state index is 11.3. The van der Waals surface area contributed by atoms with Gasteiger partial charge in [-0.25, -0.2) is 12.7 Å². The summed E-state index contributed by atoms with van der Waals surface area (Å²) in [6, 6.07) is 8.19. The molecule has 8 heteroatoms. The van der Waals surface area contributed by atoms with Crippen LogP contribution in [0.5, 0.6) is 0 Å². The van der Waals surface area contributed by atoms with Crippen molar-refractivity contribution >= 4 is 45.6 Å². The molecule has 0 aromatic heterocycles. The van der Waals surface area contributed by atoms with E-state index in [1.165, 1.54) is 16.1 Å². The lowest BCUT2D eigenvalue weighted by atomic mass is 9.99. The molecule has 0 saturated carbocycles. The molecule has 1 atom stereocenters. The van der Waals surface area contributed by atoms with E-state index in [2.05, 4.69) is 36.3 Å². The third kappa shape index (κ3) is 5.89. The Morgan fingerprint density at radius 3 is 2.46 bits per heavy atom. The van der Waals surface area contributed by atoms with E-state index >= 15 is 0 Å². The number of aliphatic imine (C=N–C) groups is 1. The van der Waals surface area contributed by atoms with Gasteiger partial charge in [0.15, 0.2) is 5.96 Å². The summed E-state index contributed by atoms with van der Waals surface area (Å²) in [7, 11) is -3.06. The number of hydrogen-bond donors (Lipinski definition) is 2. The van der Waals surface area contributed by atoms with E-state index in [0.717, 1.165) is 12.1 Å². The predicted octanol–water partition coefficient (Wildman–Crippen LogP) is 2.44. The fourth-order valence-electron chi connectivity index (χ4n) is 2.45. The van der Waals surface area contributed by atoms with Crippen LogP contribution in [0.2, 0.25) is 0 Å². The number of nitrogens with zero attached hydrogens (tertiary/aromatic N) is 2. The van der Waals surface area contributed by atoms with Crippen LogP contribution in [-0.2, 0) is 10.0 Å². The quantitative estimate of drug-likeness (QED) is 0.383. The van der Waals surface area contributed by atoms with Crippen molar-refractivity contribution in [2.75, 3.05) is 31.2 Å². The first kappa shape index (κ1) is 21.2. The minimum atomic E-state index is -3.06. The number of sulfonamides is 1. The van der Waals surface area contributed by atoms with Gasteiger partial charge in [-0.1, -0.05) is 26.0 Å². The van der Waals surface area contributed by atoms with Gasteiger partial charge in [-0.3, -0.25) is 4.99 Å². The van der Waals surface area contributed by atoms with Crippen LogP contribution in [0.25, 0.3) is 0 Å². The van der Waals surface area contributed by atoms with Gasteiger partial charge in [-0.2, -0.15) is 0 Å². The fourth-order valence-corrected chi connectivity index (χ4v) is 3.42. The highest BCUT2D eigenvalue weighted by Gasteiger charge is 2.32. The molecule has 1 fully saturated rings. The first-order valence-corrected chi connectivity index (χ1v) is 9.76. The van der Waals surface area contributed by atoms with Crippen LogP contribution in [0.1, 0.15) is 31.7 Å². The highest BCUT2D eigenvalue weighted by molar-refractivity contribution is 14.0. The van der Waals surface area contributed by atoms with Crippen molar-refractivity contribution in [2.24, 2.45) is 16.6 Å². The largest absolute Gasteiger partial charge is 0.370 e. The fraction of sp³-hybridized carbons (Fsp3) is 0.562. The zero-order chi connectivity index (χ0) is 17.0. The van der Waals surface area contributed by atoms with E-state index in [-0.39, 0.29) is 29.9 Å². The number of nitrogens with two attached hydrogens (primary N) is 1. The molecule has 1 aromatic rings. The van der Waals surface area contributed by atoms with Gasteiger partial charge in [0, 0.05) is 31.2 Å². The Balaban J connectivity index is 0.00000288. The van der Waals surface area contributed by atoms with Gasteiger partial charge in [0.1, 0.15) is 0 Å². The summed E-state index contributed by atoms with van der Waals surface area (Å²) in [4.78, 5) is 4.29. The Kier molecular flexibility index (Phi) is 7.94. The molecule has 136 valence electrons. The van der Waals surface area contributed by atoms with Crippen LogP contribution in [-0.4, -0.2) is 44.6 Å². The number of anilines is 1. The second-order valence-electron chi connectivity index (χ2n) is 6.23. The molecule has 1 aliphatic rings. The molecule has 1 heterocycles. The van der Waals surface area contributed by atoms with E-state index in [1.54, 1.807) is 0 Å². The monoisotopic (exact) mass is 466 g/mol. The van der Waals surface area contributed by atoms with Crippen molar-refractivity contribution < 1.29 is 8.42 Å².